The van der Waals surface area contributed by atoms with Gasteiger partial charge >= 0.3 is 0 Å². The van der Waals surface area contributed by atoms with E-state index in [9.17, 15) is 4.39 Å². The van der Waals surface area contributed by atoms with E-state index in [2.05, 4.69) is 19.9 Å². The summed E-state index contributed by atoms with van der Waals surface area (Å²) in [6.07, 6.45) is 3.27. The van der Waals surface area contributed by atoms with E-state index in [-0.39, 0.29) is 5.82 Å². The van der Waals surface area contributed by atoms with Crippen LogP contribution in [0.3, 0.4) is 0 Å². The molecule has 0 atom stereocenters. The van der Waals surface area contributed by atoms with Gasteiger partial charge in [-0.2, -0.15) is 0 Å². The molecule has 3 aromatic rings. The minimum Gasteiger partial charge on any atom is -0.496 e. The number of hydrogen-bond acceptors (Lipinski definition) is 5. The number of halogens is 1. The molecule has 1 aromatic carbocycles. The molecule has 0 amide bonds. The van der Waals surface area contributed by atoms with Crippen LogP contribution in [-0.4, -0.2) is 48.4 Å². The fourth-order valence-corrected chi connectivity index (χ4v) is 3.09. The van der Waals surface area contributed by atoms with Gasteiger partial charge in [0, 0.05) is 24.8 Å². The number of nitrogens with zero attached hydrogens (tertiary/aromatic N) is 3. The van der Waals surface area contributed by atoms with Gasteiger partial charge in [0.25, 0.3) is 0 Å². The monoisotopic (exact) mass is 328 g/mol. The summed E-state index contributed by atoms with van der Waals surface area (Å²) < 4.78 is 25.3. The Morgan fingerprint density at radius 3 is 2.88 bits per heavy atom. The standard InChI is InChI=1S/C17H17FN4O2/c1-23-13-4-2-3-12(18)14(13)11-9-19-16-15(11)17(21-10-20-16)22-5-7-24-8-6-22/h2-4,9-10H,5-8H2,1H3,(H,19,20,21). The molecule has 124 valence electrons. The Kier molecular flexibility index (Phi) is 3.78. The van der Waals surface area contributed by atoms with Crippen molar-refractivity contribution in [3.05, 3.63) is 36.5 Å². The molecule has 1 aliphatic rings. The zero-order valence-corrected chi connectivity index (χ0v) is 13.3. The van der Waals surface area contributed by atoms with E-state index in [1.165, 1.54) is 19.5 Å². The van der Waals surface area contributed by atoms with E-state index in [0.29, 0.717) is 35.7 Å². The van der Waals surface area contributed by atoms with Gasteiger partial charge in [-0.05, 0) is 12.1 Å². The van der Waals surface area contributed by atoms with Gasteiger partial charge in [0.05, 0.1) is 31.3 Å². The minimum atomic E-state index is -0.341. The third-order valence-electron chi connectivity index (χ3n) is 4.23. The van der Waals surface area contributed by atoms with Crippen molar-refractivity contribution >= 4 is 16.9 Å². The van der Waals surface area contributed by atoms with Crippen LogP contribution in [-0.2, 0) is 4.74 Å². The lowest BCUT2D eigenvalue weighted by Gasteiger charge is -2.28. The number of hydrogen-bond donors (Lipinski definition) is 1. The first kappa shape index (κ1) is 14.9. The predicted octanol–water partition coefficient (Wildman–Crippen LogP) is 2.61. The molecule has 0 aliphatic carbocycles. The largest absolute Gasteiger partial charge is 0.496 e. The maximum absolute atomic E-state index is 14.5. The molecule has 3 heterocycles. The number of H-pyrrole nitrogens is 1. The first-order valence-electron chi connectivity index (χ1n) is 7.77. The fourth-order valence-electron chi connectivity index (χ4n) is 3.09. The van der Waals surface area contributed by atoms with E-state index in [1.807, 2.05) is 0 Å². The predicted molar refractivity (Wildman–Crippen MR) is 88.9 cm³/mol. The van der Waals surface area contributed by atoms with Gasteiger partial charge in [-0.25, -0.2) is 14.4 Å². The molecule has 1 aliphatic heterocycles. The summed E-state index contributed by atoms with van der Waals surface area (Å²) in [7, 11) is 1.53. The number of anilines is 1. The first-order chi connectivity index (χ1) is 11.8. The zero-order valence-electron chi connectivity index (χ0n) is 13.3. The molecule has 0 unspecified atom stereocenters. The Bertz CT molecular complexity index is 874. The molecular weight excluding hydrogens is 311 g/mol. The molecule has 0 saturated carbocycles. The number of morpholine rings is 1. The van der Waals surface area contributed by atoms with Crippen molar-refractivity contribution in [2.75, 3.05) is 38.3 Å². The van der Waals surface area contributed by atoms with Crippen LogP contribution in [0.4, 0.5) is 10.2 Å². The van der Waals surface area contributed by atoms with Gasteiger partial charge < -0.3 is 19.4 Å². The Balaban J connectivity index is 1.94. The molecule has 1 fully saturated rings. The highest BCUT2D eigenvalue weighted by Gasteiger charge is 2.22. The van der Waals surface area contributed by atoms with E-state index in [4.69, 9.17) is 9.47 Å². The minimum absolute atomic E-state index is 0.341. The normalized spacial score (nSPS) is 15.0. The van der Waals surface area contributed by atoms with E-state index in [0.717, 1.165) is 24.3 Å². The summed E-state index contributed by atoms with van der Waals surface area (Å²) in [6, 6.07) is 4.80. The van der Waals surface area contributed by atoms with Crippen molar-refractivity contribution in [1.29, 1.82) is 0 Å². The second-order valence-electron chi connectivity index (χ2n) is 5.54. The number of aromatic nitrogens is 3. The van der Waals surface area contributed by atoms with Crippen LogP contribution in [0.15, 0.2) is 30.7 Å². The van der Waals surface area contributed by atoms with Crippen LogP contribution in [0, 0.1) is 5.82 Å². The Morgan fingerprint density at radius 2 is 2.08 bits per heavy atom. The van der Waals surface area contributed by atoms with Gasteiger partial charge in [0.15, 0.2) is 0 Å². The van der Waals surface area contributed by atoms with Crippen molar-refractivity contribution in [3.8, 4) is 16.9 Å². The van der Waals surface area contributed by atoms with Gasteiger partial charge in [-0.3, -0.25) is 0 Å². The SMILES string of the molecule is COc1cccc(F)c1-c1c[nH]c2ncnc(N3CCOCC3)c12. The molecule has 7 heteroatoms. The van der Waals surface area contributed by atoms with Crippen molar-refractivity contribution in [2.45, 2.75) is 0 Å². The number of benzene rings is 1. The van der Waals surface area contributed by atoms with Gasteiger partial charge in [-0.15, -0.1) is 0 Å². The van der Waals surface area contributed by atoms with Crippen molar-refractivity contribution < 1.29 is 13.9 Å². The third kappa shape index (κ3) is 2.37. The summed E-state index contributed by atoms with van der Waals surface area (Å²) >= 11 is 0. The molecule has 0 radical (unpaired) electrons. The van der Waals surface area contributed by atoms with Gasteiger partial charge in [0.1, 0.15) is 29.4 Å². The van der Waals surface area contributed by atoms with Crippen LogP contribution < -0.4 is 9.64 Å². The number of rotatable bonds is 3. The Labute approximate surface area is 138 Å². The topological polar surface area (TPSA) is 63.3 Å². The number of methoxy groups -OCH3 is 1. The summed E-state index contributed by atoms with van der Waals surface area (Å²) in [6.45, 7) is 2.78. The Morgan fingerprint density at radius 1 is 1.25 bits per heavy atom. The molecule has 1 N–H and O–H groups in total. The number of fused-ring (bicyclic) bond motifs is 1. The van der Waals surface area contributed by atoms with Crippen molar-refractivity contribution in [1.82, 2.24) is 15.0 Å². The summed E-state index contributed by atoms with van der Waals surface area (Å²) in [5.74, 6) is 0.921. The highest BCUT2D eigenvalue weighted by Crippen LogP contribution is 2.39. The summed E-state index contributed by atoms with van der Waals surface area (Å²) in [4.78, 5) is 14.0. The molecule has 0 spiro atoms. The summed E-state index contributed by atoms with van der Waals surface area (Å²) in [5, 5.41) is 0.794. The van der Waals surface area contributed by atoms with E-state index < -0.39 is 0 Å². The smallest absolute Gasteiger partial charge is 0.143 e. The van der Waals surface area contributed by atoms with E-state index in [1.54, 1.807) is 18.3 Å². The molecule has 24 heavy (non-hydrogen) atoms. The van der Waals surface area contributed by atoms with Crippen LogP contribution in [0.25, 0.3) is 22.2 Å². The quantitative estimate of drug-likeness (QED) is 0.801. The second-order valence-corrected chi connectivity index (χ2v) is 5.54. The van der Waals surface area contributed by atoms with Crippen molar-refractivity contribution in [3.63, 3.8) is 0 Å². The summed E-state index contributed by atoms with van der Waals surface area (Å²) in [5.41, 5.74) is 1.78. The molecular formula is C17H17FN4O2. The molecule has 1 saturated heterocycles. The molecule has 2 aromatic heterocycles. The molecule has 6 nitrogen and oxygen atoms in total. The van der Waals surface area contributed by atoms with Crippen LogP contribution in [0.5, 0.6) is 5.75 Å². The maximum atomic E-state index is 14.5. The van der Waals surface area contributed by atoms with E-state index >= 15 is 0 Å². The number of aromatic amines is 1. The molecule has 4 rings (SSSR count). The average molecular weight is 328 g/mol. The van der Waals surface area contributed by atoms with Crippen LogP contribution in [0.1, 0.15) is 0 Å². The number of ether oxygens (including phenoxy) is 2. The highest BCUT2D eigenvalue weighted by molar-refractivity contribution is 6.02. The van der Waals surface area contributed by atoms with Gasteiger partial charge in [-0.1, -0.05) is 6.07 Å². The Hall–Kier alpha value is -2.67. The maximum Gasteiger partial charge on any atom is 0.143 e. The number of nitrogens with one attached hydrogen (secondary N) is 1. The third-order valence-corrected chi connectivity index (χ3v) is 4.23. The lowest BCUT2D eigenvalue weighted by Crippen LogP contribution is -2.36. The highest BCUT2D eigenvalue weighted by atomic mass is 19.1. The first-order valence-corrected chi connectivity index (χ1v) is 7.77. The molecule has 0 bridgehead atoms. The van der Waals surface area contributed by atoms with Gasteiger partial charge in [0.2, 0.25) is 0 Å². The second kappa shape index (κ2) is 6.09. The van der Waals surface area contributed by atoms with Crippen LogP contribution in [0.2, 0.25) is 0 Å². The van der Waals surface area contributed by atoms with Crippen molar-refractivity contribution in [2.24, 2.45) is 0 Å². The van der Waals surface area contributed by atoms with Crippen LogP contribution >= 0.6 is 0 Å². The average Bonchev–Trinajstić information content (AvgIpc) is 3.06. The zero-order chi connectivity index (χ0) is 16.5. The lowest BCUT2D eigenvalue weighted by atomic mass is 10.0. The fraction of sp³-hybridized carbons (Fsp3) is 0.294. The lowest BCUT2D eigenvalue weighted by molar-refractivity contribution is 0.122.